The minimum atomic E-state index is -0.909. The van der Waals surface area contributed by atoms with Gasteiger partial charge in [-0.15, -0.1) is 0 Å². The Labute approximate surface area is 132 Å². The predicted octanol–water partition coefficient (Wildman–Crippen LogP) is 1.16. The van der Waals surface area contributed by atoms with E-state index in [4.69, 9.17) is 5.11 Å². The summed E-state index contributed by atoms with van der Waals surface area (Å²) in [5, 5.41) is 11.7. The summed E-state index contributed by atoms with van der Waals surface area (Å²) >= 11 is 0. The number of hydrogen-bond acceptors (Lipinski definition) is 3. The van der Waals surface area contributed by atoms with Crippen LogP contribution in [0.25, 0.3) is 0 Å². The van der Waals surface area contributed by atoms with Crippen molar-refractivity contribution in [3.63, 3.8) is 0 Å². The minimum absolute atomic E-state index is 0.000237. The molecule has 0 aromatic heterocycles. The molecule has 1 atom stereocenters. The lowest BCUT2D eigenvalue weighted by Gasteiger charge is -2.18. The Balaban J connectivity index is 1.62. The summed E-state index contributed by atoms with van der Waals surface area (Å²) in [6.07, 6.45) is 1.10. The summed E-state index contributed by atoms with van der Waals surface area (Å²) in [7, 11) is 0. The summed E-state index contributed by atoms with van der Waals surface area (Å²) in [5.41, 5.74) is -0.680. The second-order valence-corrected chi connectivity index (χ2v) is 6.16. The van der Waals surface area contributed by atoms with Crippen molar-refractivity contribution in [1.29, 1.82) is 0 Å². The molecular weight excluding hydrogens is 303 g/mol. The van der Waals surface area contributed by atoms with E-state index in [1.165, 1.54) is 23.1 Å². The van der Waals surface area contributed by atoms with Gasteiger partial charge in [0, 0.05) is 19.5 Å². The Bertz CT molecular complexity index is 672. The molecule has 1 aromatic carbocycles. The quantitative estimate of drug-likeness (QED) is 0.852. The molecule has 7 heteroatoms. The van der Waals surface area contributed by atoms with Crippen LogP contribution in [0.4, 0.5) is 10.1 Å². The van der Waals surface area contributed by atoms with Crippen molar-refractivity contribution >= 4 is 23.5 Å². The molecule has 6 nitrogen and oxygen atoms in total. The van der Waals surface area contributed by atoms with Crippen LogP contribution < -0.4 is 10.2 Å². The Morgan fingerprint density at radius 2 is 2.04 bits per heavy atom. The fraction of sp³-hybridized carbons (Fsp3) is 0.438. The van der Waals surface area contributed by atoms with Gasteiger partial charge in [-0.05, 0) is 25.0 Å². The number of benzene rings is 1. The monoisotopic (exact) mass is 320 g/mol. The second-order valence-electron chi connectivity index (χ2n) is 6.16. The van der Waals surface area contributed by atoms with Crippen LogP contribution in [0.15, 0.2) is 24.3 Å². The van der Waals surface area contributed by atoms with Crippen LogP contribution in [-0.4, -0.2) is 36.0 Å². The molecule has 1 unspecified atom stereocenters. The van der Waals surface area contributed by atoms with Gasteiger partial charge in [-0.3, -0.25) is 14.4 Å². The first-order chi connectivity index (χ1) is 10.9. The van der Waals surface area contributed by atoms with Crippen LogP contribution in [0, 0.1) is 17.2 Å². The van der Waals surface area contributed by atoms with Gasteiger partial charge in [-0.1, -0.05) is 12.1 Å². The van der Waals surface area contributed by atoms with Crippen molar-refractivity contribution in [3.05, 3.63) is 30.1 Å². The summed E-state index contributed by atoms with van der Waals surface area (Å²) in [6, 6.07) is 5.92. The zero-order chi connectivity index (χ0) is 16.6. The smallest absolute Gasteiger partial charge is 0.311 e. The molecule has 2 fully saturated rings. The molecule has 0 bridgehead atoms. The number of carbonyl (C=O) groups excluding carboxylic acids is 2. The molecule has 1 saturated heterocycles. The first-order valence-electron chi connectivity index (χ1n) is 7.49. The van der Waals surface area contributed by atoms with E-state index in [1.54, 1.807) is 6.07 Å². The van der Waals surface area contributed by atoms with Crippen LogP contribution in [-0.2, 0) is 14.4 Å². The second kappa shape index (κ2) is 5.64. The number of nitrogens with one attached hydrogen (secondary N) is 1. The fourth-order valence-corrected chi connectivity index (χ4v) is 2.80. The van der Waals surface area contributed by atoms with Gasteiger partial charge >= 0.3 is 5.97 Å². The largest absolute Gasteiger partial charge is 0.481 e. The number of carboxylic acid groups (broad SMARTS) is 1. The fourth-order valence-electron chi connectivity index (χ4n) is 2.80. The Hall–Kier alpha value is -2.44. The average Bonchev–Trinajstić information content (AvgIpc) is 3.22. The highest BCUT2D eigenvalue weighted by molar-refractivity contribution is 6.00. The lowest BCUT2D eigenvalue weighted by Crippen LogP contribution is -2.38. The van der Waals surface area contributed by atoms with E-state index in [2.05, 4.69) is 5.32 Å². The molecule has 2 aliphatic rings. The van der Waals surface area contributed by atoms with Gasteiger partial charge in [0.25, 0.3) is 0 Å². The van der Waals surface area contributed by atoms with Crippen LogP contribution in [0.3, 0.4) is 0 Å². The predicted molar refractivity (Wildman–Crippen MR) is 79.2 cm³/mol. The normalized spacial score (nSPS) is 22.0. The van der Waals surface area contributed by atoms with Crippen LogP contribution in [0.5, 0.6) is 0 Å². The maximum Gasteiger partial charge on any atom is 0.311 e. The molecule has 0 radical (unpaired) electrons. The van der Waals surface area contributed by atoms with Gasteiger partial charge in [-0.25, -0.2) is 4.39 Å². The SMILES string of the molecule is O=C(NCC1(C(=O)O)CC1)C1CC(=O)N(c2ccccc2F)C1. The molecule has 1 heterocycles. The van der Waals surface area contributed by atoms with E-state index < -0.39 is 23.1 Å². The minimum Gasteiger partial charge on any atom is -0.481 e. The van der Waals surface area contributed by atoms with Crippen LogP contribution in [0.1, 0.15) is 19.3 Å². The molecule has 1 aromatic rings. The highest BCUT2D eigenvalue weighted by Gasteiger charge is 2.50. The molecule has 2 amide bonds. The number of carboxylic acids is 1. The summed E-state index contributed by atoms with van der Waals surface area (Å²) in [5.74, 6) is -2.68. The van der Waals surface area contributed by atoms with Gasteiger partial charge in [0.15, 0.2) is 0 Å². The molecule has 0 spiro atoms. The first kappa shape index (κ1) is 15.5. The number of para-hydroxylation sites is 1. The molecule has 1 aliphatic heterocycles. The number of anilines is 1. The average molecular weight is 320 g/mol. The van der Waals surface area contributed by atoms with Crippen LogP contribution in [0.2, 0.25) is 0 Å². The summed E-state index contributed by atoms with van der Waals surface area (Å²) in [6.45, 7) is 0.178. The van der Waals surface area contributed by atoms with Gasteiger partial charge in [0.05, 0.1) is 17.0 Å². The molecule has 122 valence electrons. The van der Waals surface area contributed by atoms with Gasteiger partial charge < -0.3 is 15.3 Å². The molecule has 1 aliphatic carbocycles. The molecule has 1 saturated carbocycles. The van der Waals surface area contributed by atoms with Crippen molar-refractivity contribution < 1.29 is 23.9 Å². The van der Waals surface area contributed by atoms with E-state index in [9.17, 15) is 18.8 Å². The van der Waals surface area contributed by atoms with Crippen LogP contribution >= 0.6 is 0 Å². The zero-order valence-electron chi connectivity index (χ0n) is 12.4. The first-order valence-corrected chi connectivity index (χ1v) is 7.49. The molecule has 2 N–H and O–H groups in total. The van der Waals surface area contributed by atoms with Gasteiger partial charge in [0.1, 0.15) is 5.82 Å². The number of amides is 2. The standard InChI is InChI=1S/C16H17FN2O4/c17-11-3-1-2-4-12(11)19-8-10(7-13(19)20)14(21)18-9-16(5-6-16)15(22)23/h1-4,10H,5-9H2,(H,18,21)(H,22,23). The van der Waals surface area contributed by atoms with E-state index in [0.29, 0.717) is 12.8 Å². The van der Waals surface area contributed by atoms with Crippen molar-refractivity contribution in [3.8, 4) is 0 Å². The zero-order valence-corrected chi connectivity index (χ0v) is 12.4. The number of halogens is 1. The lowest BCUT2D eigenvalue weighted by molar-refractivity contribution is -0.143. The number of carbonyl (C=O) groups is 3. The Morgan fingerprint density at radius 3 is 2.65 bits per heavy atom. The topological polar surface area (TPSA) is 86.7 Å². The van der Waals surface area contributed by atoms with E-state index in [0.717, 1.165) is 0 Å². The number of rotatable bonds is 5. The van der Waals surface area contributed by atoms with Crippen molar-refractivity contribution in [1.82, 2.24) is 5.32 Å². The number of hydrogen-bond donors (Lipinski definition) is 2. The van der Waals surface area contributed by atoms with E-state index in [-0.39, 0.29) is 37.0 Å². The lowest BCUT2D eigenvalue weighted by atomic mass is 10.1. The number of aliphatic carboxylic acids is 1. The molecule has 23 heavy (non-hydrogen) atoms. The third-order valence-electron chi connectivity index (χ3n) is 4.55. The molecular formula is C16H17FN2O4. The van der Waals surface area contributed by atoms with Gasteiger partial charge in [0.2, 0.25) is 11.8 Å². The third kappa shape index (κ3) is 2.91. The van der Waals surface area contributed by atoms with Gasteiger partial charge in [-0.2, -0.15) is 0 Å². The third-order valence-corrected chi connectivity index (χ3v) is 4.55. The Morgan fingerprint density at radius 1 is 1.35 bits per heavy atom. The van der Waals surface area contributed by atoms with E-state index in [1.807, 2.05) is 0 Å². The summed E-state index contributed by atoms with van der Waals surface area (Å²) < 4.78 is 13.8. The number of nitrogens with zero attached hydrogens (tertiary/aromatic N) is 1. The maximum absolute atomic E-state index is 13.8. The summed E-state index contributed by atoms with van der Waals surface area (Å²) in [4.78, 5) is 36.6. The Kier molecular flexibility index (Phi) is 3.79. The highest BCUT2D eigenvalue weighted by Crippen LogP contribution is 2.45. The highest BCUT2D eigenvalue weighted by atomic mass is 19.1. The van der Waals surface area contributed by atoms with Crippen molar-refractivity contribution in [2.75, 3.05) is 18.0 Å². The van der Waals surface area contributed by atoms with E-state index >= 15 is 0 Å². The van der Waals surface area contributed by atoms with Crippen molar-refractivity contribution in [2.24, 2.45) is 11.3 Å². The van der Waals surface area contributed by atoms with Crippen molar-refractivity contribution in [2.45, 2.75) is 19.3 Å². The molecule has 3 rings (SSSR count). The maximum atomic E-state index is 13.8.